The van der Waals surface area contributed by atoms with Gasteiger partial charge in [0, 0.05) is 6.54 Å². The number of nitrogens with zero attached hydrogens (tertiary/aromatic N) is 1. The van der Waals surface area contributed by atoms with Gasteiger partial charge in [-0.1, -0.05) is 13.3 Å². The van der Waals surface area contributed by atoms with Crippen molar-refractivity contribution in [3.8, 4) is 0 Å². The minimum absolute atomic E-state index is 0.135. The van der Waals surface area contributed by atoms with Crippen LogP contribution in [0.1, 0.15) is 58.3 Å². The summed E-state index contributed by atoms with van der Waals surface area (Å²) < 4.78 is 0. The molecule has 0 spiro atoms. The zero-order valence-electron chi connectivity index (χ0n) is 12.9. The van der Waals surface area contributed by atoms with Crippen molar-refractivity contribution in [1.29, 1.82) is 0 Å². The Morgan fingerprint density at radius 2 is 1.76 bits per heavy atom. The van der Waals surface area contributed by atoms with E-state index in [0.29, 0.717) is 6.54 Å². The molecular formula is C16H27N3OS. The van der Waals surface area contributed by atoms with Crippen molar-refractivity contribution in [3.05, 3.63) is 0 Å². The van der Waals surface area contributed by atoms with Gasteiger partial charge in [-0.15, -0.1) is 0 Å². The quantitative estimate of drug-likeness (QED) is 0.619. The van der Waals surface area contributed by atoms with Crippen molar-refractivity contribution in [2.75, 3.05) is 6.54 Å². The number of nitrogens with one attached hydrogen (secondary N) is 1. The van der Waals surface area contributed by atoms with Gasteiger partial charge in [0.25, 0.3) is 0 Å². The molecule has 4 rings (SSSR count). The van der Waals surface area contributed by atoms with Crippen LogP contribution in [0, 0.1) is 23.2 Å². The number of hydrogen-bond acceptors (Lipinski definition) is 2. The van der Waals surface area contributed by atoms with Crippen LogP contribution in [0.4, 0.5) is 0 Å². The number of hydrogen-bond donors (Lipinski definition) is 2. The summed E-state index contributed by atoms with van der Waals surface area (Å²) in [4.78, 5) is 12.9. The summed E-state index contributed by atoms with van der Waals surface area (Å²) in [6, 6.07) is 0. The minimum Gasteiger partial charge on any atom is -0.375 e. The molecule has 4 saturated carbocycles. The first-order chi connectivity index (χ1) is 10.0. The second kappa shape index (κ2) is 5.75. The Labute approximate surface area is 132 Å². The SMILES string of the molecule is CCCCN(NC(=O)C12CC3CC(CC(C3)C1)C2)C(N)=S. The molecule has 4 fully saturated rings. The number of unbranched alkanes of at least 4 members (excludes halogenated alkanes) is 1. The van der Waals surface area contributed by atoms with Gasteiger partial charge in [-0.25, -0.2) is 0 Å². The third-order valence-electron chi connectivity index (χ3n) is 5.76. The van der Waals surface area contributed by atoms with Crippen LogP contribution in [0.15, 0.2) is 0 Å². The highest BCUT2D eigenvalue weighted by molar-refractivity contribution is 7.80. The van der Waals surface area contributed by atoms with Crippen molar-refractivity contribution >= 4 is 23.2 Å². The number of carbonyl (C=O) groups excluding carboxylic acids is 1. The van der Waals surface area contributed by atoms with E-state index in [1.165, 1.54) is 19.3 Å². The Morgan fingerprint density at radius 3 is 2.19 bits per heavy atom. The minimum atomic E-state index is -0.135. The summed E-state index contributed by atoms with van der Waals surface area (Å²) in [5.74, 6) is 2.49. The second-order valence-corrected chi connectivity index (χ2v) is 7.90. The number of nitrogens with two attached hydrogens (primary N) is 1. The van der Waals surface area contributed by atoms with E-state index in [1.54, 1.807) is 5.01 Å². The van der Waals surface area contributed by atoms with Gasteiger partial charge in [0.15, 0.2) is 5.11 Å². The molecule has 0 atom stereocenters. The fourth-order valence-electron chi connectivity index (χ4n) is 5.17. The Bertz CT molecular complexity index is 402. The van der Waals surface area contributed by atoms with Crippen molar-refractivity contribution in [3.63, 3.8) is 0 Å². The molecular weight excluding hydrogens is 282 g/mol. The van der Waals surface area contributed by atoms with Gasteiger partial charge in [0.2, 0.25) is 5.91 Å². The van der Waals surface area contributed by atoms with Crippen molar-refractivity contribution in [2.45, 2.75) is 58.3 Å². The zero-order chi connectivity index (χ0) is 15.0. The molecule has 118 valence electrons. The summed E-state index contributed by atoms with van der Waals surface area (Å²) in [6.07, 6.45) is 9.31. The summed E-state index contributed by atoms with van der Waals surface area (Å²) in [5.41, 5.74) is 8.66. The van der Waals surface area contributed by atoms with Crippen LogP contribution in [-0.2, 0) is 4.79 Å². The fraction of sp³-hybridized carbons (Fsp3) is 0.875. The van der Waals surface area contributed by atoms with E-state index in [-0.39, 0.29) is 16.4 Å². The molecule has 0 aliphatic heterocycles. The van der Waals surface area contributed by atoms with Gasteiger partial charge in [0.05, 0.1) is 5.41 Å². The van der Waals surface area contributed by atoms with Gasteiger partial charge in [-0.05, 0) is 74.9 Å². The van der Waals surface area contributed by atoms with Crippen molar-refractivity contribution < 1.29 is 4.79 Å². The Balaban J connectivity index is 1.68. The molecule has 0 unspecified atom stereocenters. The largest absolute Gasteiger partial charge is 0.375 e. The maximum absolute atomic E-state index is 12.9. The van der Waals surface area contributed by atoms with E-state index >= 15 is 0 Å². The van der Waals surface area contributed by atoms with Crippen molar-refractivity contribution in [2.24, 2.45) is 28.9 Å². The van der Waals surface area contributed by atoms with Gasteiger partial charge in [-0.3, -0.25) is 15.2 Å². The fourth-order valence-corrected chi connectivity index (χ4v) is 5.30. The van der Waals surface area contributed by atoms with Gasteiger partial charge in [-0.2, -0.15) is 0 Å². The van der Waals surface area contributed by atoms with Gasteiger partial charge in [0.1, 0.15) is 0 Å². The monoisotopic (exact) mass is 309 g/mol. The molecule has 4 aliphatic rings. The van der Waals surface area contributed by atoms with Crippen LogP contribution < -0.4 is 11.2 Å². The highest BCUT2D eigenvalue weighted by Crippen LogP contribution is 2.60. The smallest absolute Gasteiger partial charge is 0.244 e. The number of hydrazine groups is 1. The highest BCUT2D eigenvalue weighted by Gasteiger charge is 2.54. The molecule has 0 radical (unpaired) electrons. The van der Waals surface area contributed by atoms with Crippen LogP contribution in [0.5, 0.6) is 0 Å². The van der Waals surface area contributed by atoms with Crippen LogP contribution in [0.25, 0.3) is 0 Å². The molecule has 3 N–H and O–H groups in total. The van der Waals surface area contributed by atoms with Gasteiger partial charge >= 0.3 is 0 Å². The standard InChI is InChI=1S/C16H27N3OS/c1-2-3-4-19(15(17)21)18-14(20)16-8-11-5-12(9-16)7-13(6-11)10-16/h11-13H,2-10H2,1H3,(H2,17,21)(H,18,20). The normalized spacial score (nSPS) is 36.5. The molecule has 5 heteroatoms. The molecule has 1 amide bonds. The Morgan fingerprint density at radius 1 is 1.24 bits per heavy atom. The average Bonchev–Trinajstić information content (AvgIpc) is 2.41. The molecule has 4 bridgehead atoms. The maximum atomic E-state index is 12.9. The van der Waals surface area contributed by atoms with E-state index < -0.39 is 0 Å². The molecule has 0 aromatic rings. The summed E-state index contributed by atoms with van der Waals surface area (Å²) in [5, 5.41) is 1.96. The summed E-state index contributed by atoms with van der Waals surface area (Å²) in [6.45, 7) is 2.84. The predicted octanol–water partition coefficient (Wildman–Crippen LogP) is 2.58. The number of thiocarbonyl (C=S) groups is 1. The van der Waals surface area contributed by atoms with Crippen LogP contribution in [0.3, 0.4) is 0 Å². The van der Waals surface area contributed by atoms with E-state index in [2.05, 4.69) is 12.3 Å². The predicted molar refractivity (Wildman–Crippen MR) is 87.1 cm³/mol. The lowest BCUT2D eigenvalue weighted by Gasteiger charge is -2.55. The van der Waals surface area contributed by atoms with E-state index in [0.717, 1.165) is 49.9 Å². The van der Waals surface area contributed by atoms with Crippen molar-refractivity contribution in [1.82, 2.24) is 10.4 Å². The molecule has 0 saturated heterocycles. The van der Waals surface area contributed by atoms with E-state index in [9.17, 15) is 4.79 Å². The molecule has 0 aromatic carbocycles. The van der Waals surface area contributed by atoms with E-state index in [4.69, 9.17) is 18.0 Å². The Kier molecular flexibility index (Phi) is 4.12. The summed E-state index contributed by atoms with van der Waals surface area (Å²) in [7, 11) is 0. The maximum Gasteiger partial charge on any atom is 0.244 e. The topological polar surface area (TPSA) is 58.4 Å². The first-order valence-electron chi connectivity index (χ1n) is 8.40. The van der Waals surface area contributed by atoms with Crippen LogP contribution >= 0.6 is 12.2 Å². The van der Waals surface area contributed by atoms with Crippen LogP contribution in [-0.4, -0.2) is 22.6 Å². The summed E-state index contributed by atoms with van der Waals surface area (Å²) >= 11 is 5.08. The molecule has 0 heterocycles. The average molecular weight is 309 g/mol. The number of carbonyl (C=O) groups is 1. The molecule has 4 nitrogen and oxygen atoms in total. The van der Waals surface area contributed by atoms with Gasteiger partial charge < -0.3 is 5.73 Å². The van der Waals surface area contributed by atoms with Crippen LogP contribution in [0.2, 0.25) is 0 Å². The lowest BCUT2D eigenvalue weighted by molar-refractivity contribution is -0.149. The highest BCUT2D eigenvalue weighted by atomic mass is 32.1. The Hall–Kier alpha value is -0.840. The molecule has 0 aromatic heterocycles. The molecule has 4 aliphatic carbocycles. The first kappa shape index (κ1) is 15.1. The lowest BCUT2D eigenvalue weighted by atomic mass is 9.49. The third kappa shape index (κ3) is 2.89. The third-order valence-corrected chi connectivity index (χ3v) is 5.98. The zero-order valence-corrected chi connectivity index (χ0v) is 13.8. The number of amides is 1. The van der Waals surface area contributed by atoms with E-state index in [1.807, 2.05) is 0 Å². The number of rotatable bonds is 4. The lowest BCUT2D eigenvalue weighted by Crippen LogP contribution is -2.58. The first-order valence-corrected chi connectivity index (χ1v) is 8.81. The second-order valence-electron chi connectivity index (χ2n) is 7.48. The molecule has 21 heavy (non-hydrogen) atoms.